The number of aromatic hydroxyl groups is 1. The minimum atomic E-state index is -0.509. The summed E-state index contributed by atoms with van der Waals surface area (Å²) in [5, 5.41) is 24.4. The van der Waals surface area contributed by atoms with Crippen molar-refractivity contribution in [3.8, 4) is 5.75 Å². The van der Waals surface area contributed by atoms with Gasteiger partial charge in [-0.05, 0) is 80.3 Å². The fourth-order valence-corrected chi connectivity index (χ4v) is 5.95. The normalized spacial score (nSPS) is 10.8. The zero-order valence-electron chi connectivity index (χ0n) is 30.4. The number of halogens is 2. The summed E-state index contributed by atoms with van der Waals surface area (Å²) in [7, 11) is 3.39. The van der Waals surface area contributed by atoms with Gasteiger partial charge in [0.05, 0.1) is 11.4 Å². The molecule has 0 bridgehead atoms. The van der Waals surface area contributed by atoms with E-state index in [1.54, 1.807) is 78.1 Å². The number of rotatable bonds is 17. The number of amides is 5. The smallest absolute Gasteiger partial charge is 0.291 e. The zero-order valence-corrected chi connectivity index (χ0v) is 31.9. The highest BCUT2D eigenvalue weighted by molar-refractivity contribution is 6.18. The van der Waals surface area contributed by atoms with Crippen LogP contribution >= 0.6 is 24.0 Å². The SMILES string of the molecule is Cl.Cn1cc(NC(=O)c2cc(NC(=O)CCCC(=O)Nc3ccc4oc(C(=O)Nc5cc(O)ccc5CCCl)cc4c3)cn2C)cc1C(=O)NCCCCN. The second-order valence-corrected chi connectivity index (χ2v) is 13.1. The molecule has 0 aliphatic carbocycles. The molecule has 0 saturated carbocycles. The number of hydrogen-bond acceptors (Lipinski definition) is 8. The molecule has 0 fully saturated rings. The Bertz CT molecular complexity index is 2170. The van der Waals surface area contributed by atoms with Crippen LogP contribution in [0.25, 0.3) is 11.0 Å². The Hall–Kier alpha value is -5.77. The number of aromatic nitrogens is 2. The Labute approximate surface area is 328 Å². The van der Waals surface area contributed by atoms with Crippen LogP contribution in [0.4, 0.5) is 22.7 Å². The number of fused-ring (bicyclic) bond motifs is 1. The molecule has 0 atom stereocenters. The molecule has 5 rings (SSSR count). The molecule has 2 aromatic carbocycles. The third-order valence-corrected chi connectivity index (χ3v) is 8.66. The average molecular weight is 796 g/mol. The van der Waals surface area contributed by atoms with Crippen molar-refractivity contribution in [2.45, 2.75) is 38.5 Å². The molecule has 15 nitrogen and oxygen atoms in total. The van der Waals surface area contributed by atoms with Crippen LogP contribution in [0.15, 0.2) is 71.4 Å². The monoisotopic (exact) mass is 794 g/mol. The van der Waals surface area contributed by atoms with Gasteiger partial charge >= 0.3 is 0 Å². The van der Waals surface area contributed by atoms with Gasteiger partial charge in [0.1, 0.15) is 22.7 Å². The van der Waals surface area contributed by atoms with Gasteiger partial charge in [-0.2, -0.15) is 0 Å². The van der Waals surface area contributed by atoms with E-state index in [-0.39, 0.29) is 66.6 Å². The molecule has 0 aliphatic heterocycles. The Morgan fingerprint density at radius 1 is 0.745 bits per heavy atom. The molecule has 0 aliphatic rings. The van der Waals surface area contributed by atoms with Gasteiger partial charge in [-0.25, -0.2) is 0 Å². The summed E-state index contributed by atoms with van der Waals surface area (Å²) < 4.78 is 8.91. The second kappa shape index (κ2) is 19.5. The van der Waals surface area contributed by atoms with E-state index in [4.69, 9.17) is 21.8 Å². The molecule has 292 valence electrons. The maximum atomic E-state index is 13.0. The van der Waals surface area contributed by atoms with E-state index in [0.717, 1.165) is 18.4 Å². The van der Waals surface area contributed by atoms with Crippen LogP contribution in [-0.2, 0) is 30.1 Å². The Morgan fingerprint density at radius 3 is 2.07 bits per heavy atom. The third kappa shape index (κ3) is 11.4. The number of carbonyl (C=O) groups excluding carboxylic acids is 5. The lowest BCUT2D eigenvalue weighted by molar-refractivity contribution is -0.117. The van der Waals surface area contributed by atoms with Crippen LogP contribution in [0, 0.1) is 0 Å². The quantitative estimate of drug-likeness (QED) is 0.0454. The standard InChI is InChI=1S/C38H43ClN8O7.ClH/c1-46-22-27(19-30(46)36(51)41-15-4-3-14-40)44-37(52)31-18-26(21-47(31)2)43-35(50)7-5-6-34(49)42-25-9-11-32-24(16-25)17-33(54-32)38(53)45-29-20-28(48)10-8-23(29)12-13-39;/h8-11,16-22,48H,3-7,12-15,40H2,1-2H3,(H,41,51)(H,42,49)(H,43,50)(H,44,52)(H,45,53);1H. The molecule has 5 amide bonds. The molecular formula is C38H44Cl2N8O7. The Balaban J connectivity index is 0.00000673. The van der Waals surface area contributed by atoms with Crippen molar-refractivity contribution in [2.75, 3.05) is 40.2 Å². The molecule has 3 aromatic heterocycles. The van der Waals surface area contributed by atoms with Gasteiger partial charge in [-0.15, -0.1) is 24.0 Å². The first-order valence-corrected chi connectivity index (χ1v) is 17.9. The predicted octanol–water partition coefficient (Wildman–Crippen LogP) is 5.74. The van der Waals surface area contributed by atoms with Crippen LogP contribution in [0.5, 0.6) is 5.75 Å². The number of carbonyl (C=O) groups is 5. The first-order valence-electron chi connectivity index (χ1n) is 17.4. The number of hydrogen-bond donors (Lipinski definition) is 7. The fourth-order valence-electron chi connectivity index (χ4n) is 5.75. The number of nitrogens with one attached hydrogen (secondary N) is 5. The van der Waals surface area contributed by atoms with E-state index in [2.05, 4.69) is 26.6 Å². The average Bonchev–Trinajstić information content (AvgIpc) is 3.83. The lowest BCUT2D eigenvalue weighted by Crippen LogP contribution is -2.26. The van der Waals surface area contributed by atoms with Crippen molar-refractivity contribution in [3.05, 3.63) is 89.7 Å². The fraction of sp³-hybridized carbons (Fsp3) is 0.289. The second-order valence-electron chi connectivity index (χ2n) is 12.7. The van der Waals surface area contributed by atoms with Crippen molar-refractivity contribution in [3.63, 3.8) is 0 Å². The summed E-state index contributed by atoms with van der Waals surface area (Å²) in [6.45, 7) is 1.06. The number of phenolic OH excluding ortho intramolecular Hbond substituents is 1. The summed E-state index contributed by atoms with van der Waals surface area (Å²) >= 11 is 5.87. The maximum absolute atomic E-state index is 13.0. The number of alkyl halides is 1. The summed E-state index contributed by atoms with van der Waals surface area (Å²) in [6, 6.07) is 14.3. The lowest BCUT2D eigenvalue weighted by atomic mass is 10.1. The van der Waals surface area contributed by atoms with Crippen molar-refractivity contribution < 1.29 is 33.5 Å². The predicted molar refractivity (Wildman–Crippen MR) is 214 cm³/mol. The Morgan fingerprint density at radius 2 is 1.40 bits per heavy atom. The number of anilines is 4. The van der Waals surface area contributed by atoms with E-state index in [9.17, 15) is 29.1 Å². The van der Waals surface area contributed by atoms with E-state index >= 15 is 0 Å². The van der Waals surface area contributed by atoms with Crippen LogP contribution in [0.1, 0.15) is 69.2 Å². The van der Waals surface area contributed by atoms with Gasteiger partial charge in [-0.3, -0.25) is 24.0 Å². The van der Waals surface area contributed by atoms with Gasteiger partial charge in [0.15, 0.2) is 5.76 Å². The third-order valence-electron chi connectivity index (χ3n) is 8.47. The largest absolute Gasteiger partial charge is 0.508 e. The highest BCUT2D eigenvalue weighted by atomic mass is 35.5. The van der Waals surface area contributed by atoms with Gasteiger partial charge < -0.3 is 51.0 Å². The first kappa shape index (κ1) is 42.0. The van der Waals surface area contributed by atoms with E-state index in [1.807, 2.05) is 0 Å². The molecule has 3 heterocycles. The van der Waals surface area contributed by atoms with E-state index in [1.165, 1.54) is 12.1 Å². The van der Waals surface area contributed by atoms with Crippen molar-refractivity contribution >= 4 is 87.3 Å². The molecule has 8 N–H and O–H groups in total. The number of furan rings is 1. The van der Waals surface area contributed by atoms with Crippen molar-refractivity contribution in [1.82, 2.24) is 14.5 Å². The molecule has 0 spiro atoms. The molecule has 0 radical (unpaired) electrons. The molecular weight excluding hydrogens is 751 g/mol. The van der Waals surface area contributed by atoms with Gasteiger partial charge in [0, 0.05) is 74.6 Å². The minimum Gasteiger partial charge on any atom is -0.508 e. The van der Waals surface area contributed by atoms with E-state index in [0.29, 0.717) is 64.8 Å². The minimum absolute atomic E-state index is 0. The number of aryl methyl sites for hydroxylation is 3. The number of phenols is 1. The highest BCUT2D eigenvalue weighted by Gasteiger charge is 2.18. The van der Waals surface area contributed by atoms with Crippen LogP contribution in [0.3, 0.4) is 0 Å². The lowest BCUT2D eigenvalue weighted by Gasteiger charge is -2.09. The highest BCUT2D eigenvalue weighted by Crippen LogP contribution is 2.27. The zero-order chi connectivity index (χ0) is 38.8. The summed E-state index contributed by atoms with van der Waals surface area (Å²) in [4.78, 5) is 63.8. The van der Waals surface area contributed by atoms with Gasteiger partial charge in [0.2, 0.25) is 11.8 Å². The van der Waals surface area contributed by atoms with Crippen molar-refractivity contribution in [2.24, 2.45) is 19.8 Å². The molecule has 17 heteroatoms. The number of nitrogens with zero attached hydrogens (tertiary/aromatic N) is 2. The first-order chi connectivity index (χ1) is 25.9. The topological polar surface area (TPSA) is 215 Å². The number of benzene rings is 2. The molecule has 5 aromatic rings. The van der Waals surface area contributed by atoms with Crippen LogP contribution in [-0.4, -0.2) is 62.7 Å². The van der Waals surface area contributed by atoms with Crippen molar-refractivity contribution in [1.29, 1.82) is 0 Å². The molecule has 0 unspecified atom stereocenters. The van der Waals surface area contributed by atoms with Crippen LogP contribution < -0.4 is 32.3 Å². The summed E-state index contributed by atoms with van der Waals surface area (Å²) in [6.07, 6.45) is 5.74. The number of nitrogens with two attached hydrogens (primary N) is 1. The molecule has 55 heavy (non-hydrogen) atoms. The molecule has 0 saturated heterocycles. The van der Waals surface area contributed by atoms with Crippen LogP contribution in [0.2, 0.25) is 0 Å². The van der Waals surface area contributed by atoms with Gasteiger partial charge in [-0.1, -0.05) is 6.07 Å². The summed E-state index contributed by atoms with van der Waals surface area (Å²) in [5.74, 6) is -1.42. The van der Waals surface area contributed by atoms with E-state index < -0.39 is 11.8 Å². The summed E-state index contributed by atoms with van der Waals surface area (Å²) in [5.41, 5.74) is 9.17. The Kier molecular flexibility index (Phi) is 14.9. The van der Waals surface area contributed by atoms with Gasteiger partial charge in [0.25, 0.3) is 17.7 Å². The maximum Gasteiger partial charge on any atom is 0.291 e. The number of unbranched alkanes of at least 4 members (excludes halogenated alkanes) is 1.